The third kappa shape index (κ3) is 9.90. The highest BCUT2D eigenvalue weighted by Gasteiger charge is 2.27. The SMILES string of the molecule is CCCCCCC(C)C=C(C)C=CC(=O)OC1C=CC(=O)OC1C=CC(=O)O. The van der Waals surface area contributed by atoms with E-state index in [-0.39, 0.29) is 0 Å². The van der Waals surface area contributed by atoms with Crippen LogP contribution in [0.25, 0.3) is 0 Å². The van der Waals surface area contributed by atoms with Crippen LogP contribution in [0.4, 0.5) is 0 Å². The van der Waals surface area contributed by atoms with Crippen molar-refractivity contribution in [1.82, 2.24) is 0 Å². The van der Waals surface area contributed by atoms with Gasteiger partial charge in [-0.3, -0.25) is 0 Å². The van der Waals surface area contributed by atoms with E-state index in [1.165, 1.54) is 43.9 Å². The summed E-state index contributed by atoms with van der Waals surface area (Å²) < 4.78 is 10.3. The van der Waals surface area contributed by atoms with E-state index < -0.39 is 30.1 Å². The molecule has 0 saturated heterocycles. The maximum atomic E-state index is 12.1. The number of esters is 2. The lowest BCUT2D eigenvalue weighted by Gasteiger charge is -2.24. The molecule has 0 fully saturated rings. The Kier molecular flexibility index (Phi) is 10.6. The van der Waals surface area contributed by atoms with E-state index in [2.05, 4.69) is 19.9 Å². The molecular weight excluding hydrogens is 360 g/mol. The van der Waals surface area contributed by atoms with Crippen molar-refractivity contribution in [3.05, 3.63) is 48.1 Å². The first-order valence-electron chi connectivity index (χ1n) is 9.69. The zero-order valence-corrected chi connectivity index (χ0v) is 16.8. The number of hydrogen-bond donors (Lipinski definition) is 1. The Morgan fingerprint density at radius 1 is 1.25 bits per heavy atom. The molecular formula is C22H30O6. The topological polar surface area (TPSA) is 89.9 Å². The van der Waals surface area contributed by atoms with Gasteiger partial charge >= 0.3 is 17.9 Å². The van der Waals surface area contributed by atoms with Gasteiger partial charge in [-0.15, -0.1) is 0 Å². The summed E-state index contributed by atoms with van der Waals surface area (Å²) in [4.78, 5) is 34.0. The van der Waals surface area contributed by atoms with Gasteiger partial charge in [0.25, 0.3) is 0 Å². The average molecular weight is 390 g/mol. The number of aliphatic carboxylic acids is 1. The van der Waals surface area contributed by atoms with E-state index in [1.807, 2.05) is 6.92 Å². The second kappa shape index (κ2) is 12.7. The Morgan fingerprint density at radius 2 is 2.00 bits per heavy atom. The standard InChI is InChI=1S/C22H30O6/c1-4-5-6-7-8-16(2)15-17(3)9-13-21(25)28-19-11-14-22(26)27-18(19)10-12-20(23)24/h9-16,18-19H,4-8H2,1-3H3,(H,23,24). The molecule has 0 aromatic heterocycles. The van der Waals surface area contributed by atoms with E-state index in [0.29, 0.717) is 5.92 Å². The fourth-order valence-electron chi connectivity index (χ4n) is 2.81. The van der Waals surface area contributed by atoms with Crippen molar-refractivity contribution in [2.75, 3.05) is 0 Å². The van der Waals surface area contributed by atoms with Crippen molar-refractivity contribution in [2.45, 2.75) is 65.1 Å². The fourth-order valence-corrected chi connectivity index (χ4v) is 2.81. The number of carbonyl (C=O) groups is 3. The number of cyclic esters (lactones) is 1. The second-order valence-corrected chi connectivity index (χ2v) is 6.93. The molecule has 0 radical (unpaired) electrons. The zero-order valence-electron chi connectivity index (χ0n) is 16.8. The summed E-state index contributed by atoms with van der Waals surface area (Å²) in [5.41, 5.74) is 0.966. The Bertz CT molecular complexity index is 656. The van der Waals surface area contributed by atoms with Crippen molar-refractivity contribution >= 4 is 17.9 Å². The van der Waals surface area contributed by atoms with Gasteiger partial charge in [0.1, 0.15) is 0 Å². The van der Waals surface area contributed by atoms with Gasteiger partial charge in [-0.1, -0.05) is 57.3 Å². The van der Waals surface area contributed by atoms with Crippen molar-refractivity contribution in [1.29, 1.82) is 0 Å². The van der Waals surface area contributed by atoms with Crippen molar-refractivity contribution in [3.63, 3.8) is 0 Å². The Balaban J connectivity index is 2.58. The quantitative estimate of drug-likeness (QED) is 0.247. The number of rotatable bonds is 11. The maximum Gasteiger partial charge on any atom is 0.331 e. The predicted octanol–water partition coefficient (Wildman–Crippen LogP) is 4.13. The molecule has 6 heteroatoms. The zero-order chi connectivity index (χ0) is 20.9. The molecule has 6 nitrogen and oxygen atoms in total. The summed E-state index contributed by atoms with van der Waals surface area (Å²) >= 11 is 0. The minimum absolute atomic E-state index is 0.434. The summed E-state index contributed by atoms with van der Waals surface area (Å²) in [7, 11) is 0. The first kappa shape index (κ1) is 23.4. The molecule has 3 unspecified atom stereocenters. The number of unbranched alkanes of at least 4 members (excludes halogenated alkanes) is 3. The first-order chi connectivity index (χ1) is 13.3. The molecule has 1 aliphatic rings. The van der Waals surface area contributed by atoms with Crippen LogP contribution in [0.3, 0.4) is 0 Å². The van der Waals surface area contributed by atoms with Gasteiger partial charge in [-0.05, 0) is 31.4 Å². The van der Waals surface area contributed by atoms with Gasteiger partial charge in [0, 0.05) is 18.2 Å². The van der Waals surface area contributed by atoms with Crippen LogP contribution in [0.1, 0.15) is 52.9 Å². The second-order valence-electron chi connectivity index (χ2n) is 6.93. The van der Waals surface area contributed by atoms with Crippen LogP contribution in [-0.4, -0.2) is 35.2 Å². The molecule has 1 rings (SSSR count). The molecule has 1 aliphatic heterocycles. The largest absolute Gasteiger partial charge is 0.478 e. The van der Waals surface area contributed by atoms with Crippen LogP contribution in [0.5, 0.6) is 0 Å². The van der Waals surface area contributed by atoms with E-state index in [0.717, 1.165) is 24.1 Å². The fraction of sp³-hybridized carbons (Fsp3) is 0.500. The van der Waals surface area contributed by atoms with Gasteiger partial charge in [0.15, 0.2) is 12.2 Å². The monoisotopic (exact) mass is 390 g/mol. The maximum absolute atomic E-state index is 12.1. The van der Waals surface area contributed by atoms with Gasteiger partial charge in [0.05, 0.1) is 0 Å². The summed E-state index contributed by atoms with van der Waals surface area (Å²) in [6, 6.07) is 0. The molecule has 1 N–H and O–H groups in total. The Labute approximate surface area is 166 Å². The summed E-state index contributed by atoms with van der Waals surface area (Å²) in [5.74, 6) is -1.96. The van der Waals surface area contributed by atoms with Crippen LogP contribution in [0, 0.1) is 5.92 Å². The molecule has 0 spiro atoms. The van der Waals surface area contributed by atoms with Gasteiger partial charge in [-0.25, -0.2) is 14.4 Å². The summed E-state index contributed by atoms with van der Waals surface area (Å²) in [5, 5.41) is 8.71. The van der Waals surface area contributed by atoms with Crippen LogP contribution >= 0.6 is 0 Å². The van der Waals surface area contributed by atoms with Gasteiger partial charge < -0.3 is 14.6 Å². The normalized spacial score (nSPS) is 21.1. The lowest BCUT2D eigenvalue weighted by molar-refractivity contribution is -0.156. The number of ether oxygens (including phenoxy) is 2. The lowest BCUT2D eigenvalue weighted by atomic mass is 10.00. The minimum atomic E-state index is -1.18. The predicted molar refractivity (Wildman–Crippen MR) is 106 cm³/mol. The summed E-state index contributed by atoms with van der Waals surface area (Å²) in [6.45, 7) is 6.27. The van der Waals surface area contributed by atoms with Crippen LogP contribution in [0.2, 0.25) is 0 Å². The highest BCUT2D eigenvalue weighted by Crippen LogP contribution is 2.16. The van der Waals surface area contributed by atoms with Crippen LogP contribution in [0.15, 0.2) is 48.1 Å². The van der Waals surface area contributed by atoms with Crippen molar-refractivity contribution in [2.24, 2.45) is 5.92 Å². The molecule has 28 heavy (non-hydrogen) atoms. The molecule has 154 valence electrons. The highest BCUT2D eigenvalue weighted by molar-refractivity contribution is 5.85. The minimum Gasteiger partial charge on any atom is -0.478 e. The molecule has 0 saturated carbocycles. The number of carboxylic acid groups (broad SMARTS) is 1. The highest BCUT2D eigenvalue weighted by atomic mass is 16.6. The molecule has 0 aromatic rings. The first-order valence-corrected chi connectivity index (χ1v) is 9.69. The smallest absolute Gasteiger partial charge is 0.331 e. The molecule has 0 bridgehead atoms. The molecule has 3 atom stereocenters. The lowest BCUT2D eigenvalue weighted by Crippen LogP contribution is -2.35. The number of carbonyl (C=O) groups excluding carboxylic acids is 2. The molecule has 0 aromatic carbocycles. The van der Waals surface area contributed by atoms with Crippen LogP contribution < -0.4 is 0 Å². The van der Waals surface area contributed by atoms with Gasteiger partial charge in [-0.2, -0.15) is 0 Å². The Hall–Kier alpha value is -2.63. The third-order valence-corrected chi connectivity index (χ3v) is 4.22. The van der Waals surface area contributed by atoms with Gasteiger partial charge in [0.2, 0.25) is 0 Å². The number of allylic oxidation sites excluding steroid dienone is 3. The van der Waals surface area contributed by atoms with E-state index in [4.69, 9.17) is 14.6 Å². The Morgan fingerprint density at radius 3 is 2.68 bits per heavy atom. The number of carboxylic acids is 1. The summed E-state index contributed by atoms with van der Waals surface area (Å²) in [6.07, 6.45) is 13.9. The van der Waals surface area contributed by atoms with Crippen molar-refractivity contribution < 1.29 is 29.0 Å². The molecule has 1 heterocycles. The third-order valence-electron chi connectivity index (χ3n) is 4.22. The van der Waals surface area contributed by atoms with Crippen molar-refractivity contribution in [3.8, 4) is 0 Å². The van der Waals surface area contributed by atoms with Crippen LogP contribution in [-0.2, 0) is 23.9 Å². The molecule has 0 aliphatic carbocycles. The number of hydrogen-bond acceptors (Lipinski definition) is 5. The average Bonchev–Trinajstić information content (AvgIpc) is 2.63. The van der Waals surface area contributed by atoms with E-state index in [1.54, 1.807) is 6.08 Å². The van der Waals surface area contributed by atoms with E-state index >= 15 is 0 Å². The molecule has 0 amide bonds. The van der Waals surface area contributed by atoms with E-state index in [9.17, 15) is 14.4 Å².